The maximum absolute atomic E-state index is 11.8. The van der Waals surface area contributed by atoms with Gasteiger partial charge in [0.05, 0.1) is 5.56 Å². The van der Waals surface area contributed by atoms with Gasteiger partial charge in [-0.2, -0.15) is 0 Å². The zero-order valence-electron chi connectivity index (χ0n) is 12.7. The Hall–Kier alpha value is -1.62. The van der Waals surface area contributed by atoms with Crippen LogP contribution in [0, 0.1) is 0 Å². The second kappa shape index (κ2) is 6.02. The lowest BCUT2D eigenvalue weighted by atomic mass is 10.0. The molecule has 1 fully saturated rings. The van der Waals surface area contributed by atoms with Crippen molar-refractivity contribution in [3.8, 4) is 0 Å². The number of pyridine rings is 1. The van der Waals surface area contributed by atoms with Crippen molar-refractivity contribution < 1.29 is 4.79 Å². The molecule has 1 aliphatic heterocycles. The molecular formula is C16H24N4O. The van der Waals surface area contributed by atoms with Crippen molar-refractivity contribution in [1.29, 1.82) is 0 Å². The first kappa shape index (κ1) is 14.3. The van der Waals surface area contributed by atoms with Crippen molar-refractivity contribution in [3.63, 3.8) is 0 Å². The Kier molecular flexibility index (Phi) is 4.10. The third-order valence-corrected chi connectivity index (χ3v) is 4.56. The molecule has 1 saturated heterocycles. The summed E-state index contributed by atoms with van der Waals surface area (Å²) in [5, 5.41) is 3.54. The maximum atomic E-state index is 11.8. The van der Waals surface area contributed by atoms with Crippen LogP contribution >= 0.6 is 0 Å². The van der Waals surface area contributed by atoms with Gasteiger partial charge in [0.1, 0.15) is 5.82 Å². The first-order valence-corrected chi connectivity index (χ1v) is 7.92. The van der Waals surface area contributed by atoms with Gasteiger partial charge in [-0.1, -0.05) is 6.42 Å². The van der Waals surface area contributed by atoms with Crippen LogP contribution in [0.15, 0.2) is 6.07 Å². The Morgan fingerprint density at radius 1 is 1.43 bits per heavy atom. The van der Waals surface area contributed by atoms with Crippen molar-refractivity contribution in [2.24, 2.45) is 5.73 Å². The minimum atomic E-state index is -0.379. The molecule has 2 heterocycles. The summed E-state index contributed by atoms with van der Waals surface area (Å²) >= 11 is 0. The summed E-state index contributed by atoms with van der Waals surface area (Å²) in [6, 6.07) is 2.43. The quantitative estimate of drug-likeness (QED) is 0.874. The molecule has 1 aliphatic carbocycles. The zero-order chi connectivity index (χ0) is 14.8. The number of carbonyl (C=O) groups is 1. The molecular weight excluding hydrogens is 264 g/mol. The summed E-state index contributed by atoms with van der Waals surface area (Å²) in [6.45, 7) is 1.95. The molecule has 0 bridgehead atoms. The van der Waals surface area contributed by atoms with Crippen molar-refractivity contribution in [1.82, 2.24) is 10.3 Å². The highest BCUT2D eigenvalue weighted by Crippen LogP contribution is 2.27. The number of likely N-dealkylation sites (N-methyl/N-ethyl adjacent to an activating group) is 1. The maximum Gasteiger partial charge on any atom is 0.252 e. The van der Waals surface area contributed by atoms with Crippen LogP contribution in [-0.2, 0) is 12.8 Å². The van der Waals surface area contributed by atoms with E-state index >= 15 is 0 Å². The molecule has 1 atom stereocenters. The average molecular weight is 288 g/mol. The fourth-order valence-electron chi connectivity index (χ4n) is 3.43. The second-order valence-electron chi connectivity index (χ2n) is 6.21. The summed E-state index contributed by atoms with van der Waals surface area (Å²) in [7, 11) is 2.01. The Morgan fingerprint density at radius 3 is 3.00 bits per heavy atom. The molecule has 0 spiro atoms. The number of fused-ring (bicyclic) bond motifs is 1. The molecule has 3 N–H and O–H groups in total. The number of primary amides is 1. The van der Waals surface area contributed by atoms with Crippen molar-refractivity contribution >= 4 is 11.7 Å². The summed E-state index contributed by atoms with van der Waals surface area (Å²) in [4.78, 5) is 18.6. The Morgan fingerprint density at radius 2 is 2.29 bits per heavy atom. The third-order valence-electron chi connectivity index (χ3n) is 4.56. The predicted octanol–water partition coefficient (Wildman–Crippen LogP) is 1.25. The number of aromatic nitrogens is 1. The Bertz CT molecular complexity index is 537. The van der Waals surface area contributed by atoms with Crippen LogP contribution in [-0.4, -0.2) is 37.1 Å². The van der Waals surface area contributed by atoms with Crippen LogP contribution in [0.2, 0.25) is 0 Å². The lowest BCUT2D eigenvalue weighted by Crippen LogP contribution is -2.43. The number of nitrogens with two attached hydrogens (primary N) is 1. The van der Waals surface area contributed by atoms with E-state index in [4.69, 9.17) is 10.7 Å². The molecule has 0 saturated carbocycles. The number of nitrogens with one attached hydrogen (secondary N) is 1. The number of carbonyl (C=O) groups excluding carboxylic acids is 1. The number of anilines is 1. The summed E-state index contributed by atoms with van der Waals surface area (Å²) < 4.78 is 0. The SMILES string of the molecule is CN(CC1CCCCN1)c1nc2c(cc1C(N)=O)CCC2. The first-order chi connectivity index (χ1) is 10.1. The standard InChI is InChI=1S/C16H24N4O/c1-20(10-12-6-2-3-8-18-12)16-13(15(17)21)9-11-5-4-7-14(11)19-16/h9,12,18H,2-8,10H2,1H3,(H2,17,21). The van der Waals surface area contributed by atoms with Gasteiger partial charge in [-0.15, -0.1) is 0 Å². The Labute approximate surface area is 125 Å². The van der Waals surface area contributed by atoms with Crippen LogP contribution in [0.3, 0.4) is 0 Å². The molecule has 5 heteroatoms. The minimum Gasteiger partial charge on any atom is -0.365 e. The second-order valence-corrected chi connectivity index (χ2v) is 6.21. The number of hydrogen-bond acceptors (Lipinski definition) is 4. The van der Waals surface area contributed by atoms with E-state index in [1.807, 2.05) is 13.1 Å². The lowest BCUT2D eigenvalue weighted by Gasteiger charge is -2.29. The van der Waals surface area contributed by atoms with Gasteiger partial charge in [0, 0.05) is 25.3 Å². The highest BCUT2D eigenvalue weighted by atomic mass is 16.1. The molecule has 0 radical (unpaired) electrons. The molecule has 1 aromatic heterocycles. The Balaban J connectivity index is 1.83. The molecule has 1 unspecified atom stereocenters. The van der Waals surface area contributed by atoms with E-state index in [0.29, 0.717) is 11.6 Å². The fraction of sp³-hybridized carbons (Fsp3) is 0.625. The number of aryl methyl sites for hydroxylation is 2. The van der Waals surface area contributed by atoms with E-state index in [2.05, 4.69) is 10.2 Å². The van der Waals surface area contributed by atoms with E-state index in [-0.39, 0.29) is 5.91 Å². The van der Waals surface area contributed by atoms with Crippen molar-refractivity contribution in [3.05, 3.63) is 22.9 Å². The highest BCUT2D eigenvalue weighted by molar-refractivity contribution is 5.98. The molecule has 1 aromatic rings. The zero-order valence-corrected chi connectivity index (χ0v) is 12.7. The van der Waals surface area contributed by atoms with Crippen molar-refractivity contribution in [2.75, 3.05) is 25.0 Å². The molecule has 114 valence electrons. The lowest BCUT2D eigenvalue weighted by molar-refractivity contribution is 0.100. The minimum absolute atomic E-state index is 0.379. The number of nitrogens with zero attached hydrogens (tertiary/aromatic N) is 2. The first-order valence-electron chi connectivity index (χ1n) is 7.92. The normalized spacial score (nSPS) is 21.1. The largest absolute Gasteiger partial charge is 0.365 e. The molecule has 21 heavy (non-hydrogen) atoms. The van der Waals surface area contributed by atoms with E-state index in [0.717, 1.165) is 43.9 Å². The van der Waals surface area contributed by atoms with Crippen LogP contribution in [0.4, 0.5) is 5.82 Å². The fourth-order valence-corrected chi connectivity index (χ4v) is 3.43. The van der Waals surface area contributed by atoms with E-state index in [1.54, 1.807) is 0 Å². The van der Waals surface area contributed by atoms with Crippen LogP contribution in [0.5, 0.6) is 0 Å². The van der Waals surface area contributed by atoms with E-state index in [1.165, 1.54) is 24.8 Å². The van der Waals surface area contributed by atoms with Gasteiger partial charge in [0.2, 0.25) is 0 Å². The smallest absolute Gasteiger partial charge is 0.252 e. The van der Waals surface area contributed by atoms with Crippen LogP contribution < -0.4 is 16.0 Å². The van der Waals surface area contributed by atoms with Gasteiger partial charge >= 0.3 is 0 Å². The molecule has 3 rings (SSSR count). The van der Waals surface area contributed by atoms with Gasteiger partial charge in [-0.3, -0.25) is 4.79 Å². The van der Waals surface area contributed by atoms with Gasteiger partial charge in [-0.25, -0.2) is 4.98 Å². The number of amides is 1. The third kappa shape index (κ3) is 3.02. The van der Waals surface area contributed by atoms with Gasteiger partial charge in [0.15, 0.2) is 0 Å². The van der Waals surface area contributed by atoms with Crippen LogP contribution in [0.1, 0.15) is 47.3 Å². The summed E-state index contributed by atoms with van der Waals surface area (Å²) in [5.41, 5.74) is 8.45. The predicted molar refractivity (Wildman–Crippen MR) is 83.7 cm³/mol. The van der Waals surface area contributed by atoms with Gasteiger partial charge in [0.25, 0.3) is 5.91 Å². The number of hydrogen-bond donors (Lipinski definition) is 2. The van der Waals surface area contributed by atoms with E-state index in [9.17, 15) is 4.79 Å². The van der Waals surface area contributed by atoms with Gasteiger partial charge < -0.3 is 16.0 Å². The number of piperidine rings is 1. The van der Waals surface area contributed by atoms with E-state index < -0.39 is 0 Å². The monoisotopic (exact) mass is 288 g/mol. The molecule has 1 amide bonds. The number of rotatable bonds is 4. The molecule has 0 aromatic carbocycles. The summed E-state index contributed by atoms with van der Waals surface area (Å²) in [5.74, 6) is 0.367. The molecule has 5 nitrogen and oxygen atoms in total. The van der Waals surface area contributed by atoms with Gasteiger partial charge in [-0.05, 0) is 50.3 Å². The van der Waals surface area contributed by atoms with Crippen molar-refractivity contribution in [2.45, 2.75) is 44.6 Å². The molecule has 2 aliphatic rings. The summed E-state index contributed by atoms with van der Waals surface area (Å²) in [6.07, 6.45) is 6.85. The average Bonchev–Trinajstić information content (AvgIpc) is 2.94. The van der Waals surface area contributed by atoms with Crippen LogP contribution in [0.25, 0.3) is 0 Å². The topological polar surface area (TPSA) is 71.2 Å². The highest BCUT2D eigenvalue weighted by Gasteiger charge is 2.23.